The van der Waals surface area contributed by atoms with Crippen LogP contribution in [0.4, 0.5) is 0 Å². The SMILES string of the molecule is c1ccc(-c2nc(-c3ccc(-c4cccnc4)cc3)nc(-c3ccc(-c4ccc(-c5ccccn5)c(-c5ccc(-c6nc(-c7ccccc7)nc(-c7ccccc7)n6)cc5)c4)cc3)n2)cc1. The Labute approximate surface area is 382 Å². The molecule has 0 fully saturated rings. The molecule has 0 radical (unpaired) electrons. The van der Waals surface area contributed by atoms with Crippen molar-refractivity contribution in [3.05, 3.63) is 231 Å². The van der Waals surface area contributed by atoms with Crippen molar-refractivity contribution in [2.45, 2.75) is 0 Å². The monoisotopic (exact) mass is 846 g/mol. The van der Waals surface area contributed by atoms with Crippen molar-refractivity contribution in [2.75, 3.05) is 0 Å². The first-order chi connectivity index (χ1) is 32.7. The van der Waals surface area contributed by atoms with Crippen LogP contribution in [-0.2, 0) is 0 Å². The average Bonchev–Trinajstić information content (AvgIpc) is 3.42. The summed E-state index contributed by atoms with van der Waals surface area (Å²) in [6.07, 6.45) is 5.47. The molecular formula is C58H38N8. The molecule has 11 rings (SSSR count). The standard InChI is InChI=1S/C58H38N8/c1-4-13-42(14-5-1)53-61-54(43-15-6-2-7-16-43)63-58(62-53)47-31-25-41(26-32-47)51-37-48(33-34-50(51)52-20-10-11-36-60-52)39-21-27-45(28-22-39)56-64-55(44-17-8-3-9-18-44)65-57(66-56)46-29-23-40(24-30-46)49-19-12-35-59-38-49/h1-38H. The van der Waals surface area contributed by atoms with E-state index >= 15 is 0 Å². The molecule has 0 aliphatic carbocycles. The lowest BCUT2D eigenvalue weighted by molar-refractivity contribution is 1.07. The van der Waals surface area contributed by atoms with E-state index in [-0.39, 0.29) is 0 Å². The van der Waals surface area contributed by atoms with Crippen molar-refractivity contribution >= 4 is 0 Å². The normalized spacial score (nSPS) is 11.0. The lowest BCUT2D eigenvalue weighted by atomic mass is 9.92. The van der Waals surface area contributed by atoms with Gasteiger partial charge in [-0.15, -0.1) is 0 Å². The van der Waals surface area contributed by atoms with E-state index in [2.05, 4.69) is 102 Å². The number of benzene rings is 7. The van der Waals surface area contributed by atoms with Gasteiger partial charge in [-0.25, -0.2) is 29.9 Å². The van der Waals surface area contributed by atoms with Crippen LogP contribution in [0.2, 0.25) is 0 Å². The molecule has 0 unspecified atom stereocenters. The minimum atomic E-state index is 0.595. The fraction of sp³-hybridized carbons (Fsp3) is 0. The Morgan fingerprint density at radius 1 is 0.227 bits per heavy atom. The Balaban J connectivity index is 0.940. The van der Waals surface area contributed by atoms with Gasteiger partial charge in [0.15, 0.2) is 34.9 Å². The number of aromatic nitrogens is 8. The zero-order valence-electron chi connectivity index (χ0n) is 35.5. The lowest BCUT2D eigenvalue weighted by Crippen LogP contribution is -2.00. The second-order valence-electron chi connectivity index (χ2n) is 15.7. The summed E-state index contributed by atoms with van der Waals surface area (Å²) in [6, 6.07) is 71.7. The highest BCUT2D eigenvalue weighted by Gasteiger charge is 2.17. The molecular weight excluding hydrogens is 809 g/mol. The summed E-state index contributed by atoms with van der Waals surface area (Å²) in [7, 11) is 0. The zero-order valence-corrected chi connectivity index (χ0v) is 35.5. The summed E-state index contributed by atoms with van der Waals surface area (Å²) in [5.74, 6) is 3.66. The minimum Gasteiger partial charge on any atom is -0.264 e. The summed E-state index contributed by atoms with van der Waals surface area (Å²) < 4.78 is 0. The zero-order chi connectivity index (χ0) is 44.1. The van der Waals surface area contributed by atoms with Crippen LogP contribution in [-0.4, -0.2) is 39.9 Å². The largest absolute Gasteiger partial charge is 0.264 e. The Hall–Kier alpha value is -9.14. The molecule has 8 heteroatoms. The second kappa shape index (κ2) is 17.9. The first-order valence-corrected chi connectivity index (χ1v) is 21.6. The highest BCUT2D eigenvalue weighted by molar-refractivity contribution is 5.87. The molecule has 8 nitrogen and oxygen atoms in total. The van der Waals surface area contributed by atoms with Crippen molar-refractivity contribution in [3.8, 4) is 113 Å². The third-order valence-electron chi connectivity index (χ3n) is 11.4. The van der Waals surface area contributed by atoms with Crippen molar-refractivity contribution in [3.63, 3.8) is 0 Å². The molecule has 0 aliphatic heterocycles. The molecule has 310 valence electrons. The Kier molecular flexibility index (Phi) is 10.8. The maximum atomic E-state index is 5.02. The van der Waals surface area contributed by atoms with Crippen LogP contribution in [0.3, 0.4) is 0 Å². The Morgan fingerprint density at radius 2 is 0.591 bits per heavy atom. The first kappa shape index (κ1) is 39.7. The maximum absolute atomic E-state index is 5.02. The summed E-state index contributed by atoms with van der Waals surface area (Å²) in [6.45, 7) is 0. The molecule has 0 saturated carbocycles. The first-order valence-electron chi connectivity index (χ1n) is 21.6. The van der Waals surface area contributed by atoms with Gasteiger partial charge in [-0.05, 0) is 57.6 Å². The third kappa shape index (κ3) is 8.37. The maximum Gasteiger partial charge on any atom is 0.164 e. The van der Waals surface area contributed by atoms with Crippen molar-refractivity contribution in [2.24, 2.45) is 0 Å². The number of rotatable bonds is 10. The predicted octanol–water partition coefficient (Wildman–Crippen LogP) is 13.5. The summed E-state index contributed by atoms with van der Waals surface area (Å²) >= 11 is 0. The van der Waals surface area contributed by atoms with Gasteiger partial charge in [0.05, 0.1) is 5.69 Å². The number of hydrogen-bond acceptors (Lipinski definition) is 8. The molecule has 0 N–H and O–H groups in total. The van der Waals surface area contributed by atoms with Gasteiger partial charge in [-0.1, -0.05) is 188 Å². The van der Waals surface area contributed by atoms with Gasteiger partial charge >= 0.3 is 0 Å². The van der Waals surface area contributed by atoms with E-state index < -0.39 is 0 Å². The highest BCUT2D eigenvalue weighted by Crippen LogP contribution is 2.37. The van der Waals surface area contributed by atoms with Crippen LogP contribution < -0.4 is 0 Å². The summed E-state index contributed by atoms with van der Waals surface area (Å²) in [5, 5.41) is 0. The van der Waals surface area contributed by atoms with Gasteiger partial charge in [0.25, 0.3) is 0 Å². The molecule has 4 heterocycles. The molecule has 0 spiro atoms. The second-order valence-corrected chi connectivity index (χ2v) is 15.7. The van der Waals surface area contributed by atoms with Crippen molar-refractivity contribution in [1.82, 2.24) is 39.9 Å². The topological polar surface area (TPSA) is 103 Å². The average molecular weight is 847 g/mol. The highest BCUT2D eigenvalue weighted by atomic mass is 15.0. The van der Waals surface area contributed by atoms with E-state index in [9.17, 15) is 0 Å². The van der Waals surface area contributed by atoms with Gasteiger partial charge in [0, 0.05) is 57.5 Å². The van der Waals surface area contributed by atoms with E-state index in [0.29, 0.717) is 34.9 Å². The molecule has 4 aromatic heterocycles. The van der Waals surface area contributed by atoms with E-state index in [1.165, 1.54) is 0 Å². The summed E-state index contributed by atoms with van der Waals surface area (Å²) in [4.78, 5) is 38.8. The van der Waals surface area contributed by atoms with Crippen LogP contribution in [0.1, 0.15) is 0 Å². The van der Waals surface area contributed by atoms with E-state index in [4.69, 9.17) is 34.9 Å². The predicted molar refractivity (Wildman–Crippen MR) is 263 cm³/mol. The minimum absolute atomic E-state index is 0.595. The van der Waals surface area contributed by atoms with Crippen LogP contribution in [0, 0.1) is 0 Å². The molecule has 66 heavy (non-hydrogen) atoms. The fourth-order valence-electron chi connectivity index (χ4n) is 7.95. The molecule has 0 saturated heterocycles. The number of nitrogens with zero attached hydrogens (tertiary/aromatic N) is 8. The third-order valence-corrected chi connectivity index (χ3v) is 11.4. The lowest BCUT2D eigenvalue weighted by Gasteiger charge is -2.14. The van der Waals surface area contributed by atoms with Crippen molar-refractivity contribution in [1.29, 1.82) is 0 Å². The quantitative estimate of drug-likeness (QED) is 0.134. The van der Waals surface area contributed by atoms with Crippen LogP contribution in [0.25, 0.3) is 113 Å². The molecule has 0 bridgehead atoms. The van der Waals surface area contributed by atoms with Crippen LogP contribution in [0.5, 0.6) is 0 Å². The van der Waals surface area contributed by atoms with Crippen LogP contribution in [0.15, 0.2) is 231 Å². The van der Waals surface area contributed by atoms with Gasteiger partial charge in [0.1, 0.15) is 0 Å². The molecule has 11 aromatic rings. The van der Waals surface area contributed by atoms with E-state index in [1.807, 2.05) is 128 Å². The molecule has 7 aromatic carbocycles. The van der Waals surface area contributed by atoms with Crippen molar-refractivity contribution < 1.29 is 0 Å². The van der Waals surface area contributed by atoms with Crippen LogP contribution >= 0.6 is 0 Å². The van der Waals surface area contributed by atoms with E-state index in [0.717, 1.165) is 78.0 Å². The fourth-order valence-corrected chi connectivity index (χ4v) is 7.95. The Bertz CT molecular complexity index is 3350. The van der Waals surface area contributed by atoms with Gasteiger partial charge in [0.2, 0.25) is 0 Å². The Morgan fingerprint density at radius 3 is 1.00 bits per heavy atom. The molecule has 0 atom stereocenters. The van der Waals surface area contributed by atoms with Gasteiger partial charge in [-0.2, -0.15) is 0 Å². The van der Waals surface area contributed by atoms with E-state index in [1.54, 1.807) is 6.20 Å². The summed E-state index contributed by atoms with van der Waals surface area (Å²) in [5.41, 5.74) is 13.7. The molecule has 0 aliphatic rings. The number of pyridine rings is 2. The smallest absolute Gasteiger partial charge is 0.164 e. The number of hydrogen-bond donors (Lipinski definition) is 0. The molecule has 0 amide bonds. The van der Waals surface area contributed by atoms with Gasteiger partial charge in [-0.3, -0.25) is 9.97 Å². The van der Waals surface area contributed by atoms with Gasteiger partial charge < -0.3 is 0 Å².